The fourth-order valence-electron chi connectivity index (χ4n) is 0.701. The van der Waals surface area contributed by atoms with E-state index in [1.165, 1.54) is 13.1 Å². The Balaban J connectivity index is 3.32. The Morgan fingerprint density at radius 1 is 1.75 bits per heavy atom. The lowest BCUT2D eigenvalue weighted by atomic mass is 10.5. The highest BCUT2D eigenvalue weighted by molar-refractivity contribution is 9.10. The Labute approximate surface area is 77.3 Å². The van der Waals surface area contributed by atoms with Crippen LogP contribution in [0, 0.1) is 0 Å². The minimum Gasteiger partial charge on any atom is -0.427 e. The van der Waals surface area contributed by atoms with Crippen molar-refractivity contribution < 1.29 is 10.0 Å². The van der Waals surface area contributed by atoms with Gasteiger partial charge in [0.15, 0.2) is 5.49 Å². The van der Waals surface area contributed by atoms with Gasteiger partial charge in [0.2, 0.25) is 5.91 Å². The van der Waals surface area contributed by atoms with Gasteiger partial charge in [0, 0.05) is 17.6 Å². The Kier molecular flexibility index (Phi) is 2.65. The molecule has 64 valence electrons. The van der Waals surface area contributed by atoms with Gasteiger partial charge >= 0.3 is 0 Å². The van der Waals surface area contributed by atoms with Crippen molar-refractivity contribution in [3.05, 3.63) is 28.3 Å². The maximum Gasteiger partial charge on any atom is 0.244 e. The molecule has 0 aromatic carbocycles. The molecule has 0 bridgehead atoms. The van der Waals surface area contributed by atoms with Crippen molar-refractivity contribution in [2.24, 2.45) is 4.99 Å². The van der Waals surface area contributed by atoms with Crippen LogP contribution in [0.4, 0.5) is 0 Å². The molecule has 4 nitrogen and oxygen atoms in total. The molecule has 5 heteroatoms. The molecule has 0 radical (unpaired) electrons. The summed E-state index contributed by atoms with van der Waals surface area (Å²) in [7, 11) is 0. The molecule has 1 heterocycles. The zero-order valence-corrected chi connectivity index (χ0v) is 7.95. The highest BCUT2D eigenvalue weighted by Crippen LogP contribution is 2.02. The molecule has 1 amide bonds. The zero-order chi connectivity index (χ0) is 9.14. The Morgan fingerprint density at radius 3 is 3.00 bits per heavy atom. The number of pyridine rings is 1. The molecule has 0 aliphatic heterocycles. The molecule has 0 aliphatic carbocycles. The van der Waals surface area contributed by atoms with E-state index in [1.54, 1.807) is 12.1 Å². The smallest absolute Gasteiger partial charge is 0.244 e. The van der Waals surface area contributed by atoms with Gasteiger partial charge in [0.25, 0.3) is 0 Å². The molecule has 0 atom stereocenters. The summed E-state index contributed by atoms with van der Waals surface area (Å²) >= 11 is 3.19. The van der Waals surface area contributed by atoms with Crippen LogP contribution in [0.2, 0.25) is 0 Å². The second-order valence-electron chi connectivity index (χ2n) is 2.18. The van der Waals surface area contributed by atoms with Crippen molar-refractivity contribution in [1.29, 1.82) is 0 Å². The van der Waals surface area contributed by atoms with Gasteiger partial charge in [-0.3, -0.25) is 4.79 Å². The third-order valence-corrected chi connectivity index (χ3v) is 1.64. The number of hydrogen-bond acceptors (Lipinski definition) is 2. The minimum absolute atomic E-state index is 0.205. The number of carbonyl (C=O) groups excluding carboxylic acids is 1. The van der Waals surface area contributed by atoms with Crippen LogP contribution in [0.5, 0.6) is 0 Å². The maximum absolute atomic E-state index is 10.6. The summed E-state index contributed by atoms with van der Waals surface area (Å²) in [6.07, 6.45) is 1.39. The molecule has 0 saturated heterocycles. The second-order valence-corrected chi connectivity index (χ2v) is 3.09. The lowest BCUT2D eigenvalue weighted by molar-refractivity contribution is -0.116. The largest absolute Gasteiger partial charge is 0.427 e. The van der Waals surface area contributed by atoms with E-state index in [2.05, 4.69) is 20.9 Å². The first-order valence-corrected chi connectivity index (χ1v) is 4.01. The second kappa shape index (κ2) is 3.53. The molecule has 1 rings (SSSR count). The van der Waals surface area contributed by atoms with Crippen LogP contribution in [0.3, 0.4) is 0 Å². The Morgan fingerprint density at radius 2 is 2.42 bits per heavy atom. The first-order valence-electron chi connectivity index (χ1n) is 3.22. The SMILES string of the molecule is CC(=O)N=c1cc(Br)ccn1O. The number of nitrogens with zero attached hydrogens (tertiary/aromatic N) is 2. The summed E-state index contributed by atoms with van der Waals surface area (Å²) in [5.74, 6) is -0.351. The molecule has 0 saturated carbocycles. The predicted molar refractivity (Wildman–Crippen MR) is 45.6 cm³/mol. The fourth-order valence-corrected chi connectivity index (χ4v) is 1.02. The van der Waals surface area contributed by atoms with Gasteiger partial charge in [-0.15, -0.1) is 0 Å². The van der Waals surface area contributed by atoms with Crippen LogP contribution in [0.15, 0.2) is 27.8 Å². The molecule has 12 heavy (non-hydrogen) atoms. The molecule has 1 aromatic rings. The highest BCUT2D eigenvalue weighted by atomic mass is 79.9. The van der Waals surface area contributed by atoms with E-state index in [0.29, 0.717) is 0 Å². The summed E-state index contributed by atoms with van der Waals surface area (Å²) in [6, 6.07) is 3.18. The number of rotatable bonds is 0. The van der Waals surface area contributed by atoms with Crippen molar-refractivity contribution in [3.8, 4) is 0 Å². The monoisotopic (exact) mass is 230 g/mol. The van der Waals surface area contributed by atoms with E-state index in [4.69, 9.17) is 5.21 Å². The van der Waals surface area contributed by atoms with Gasteiger partial charge in [0.05, 0.1) is 0 Å². The van der Waals surface area contributed by atoms with Crippen molar-refractivity contribution >= 4 is 21.8 Å². The minimum atomic E-state index is -0.351. The first-order chi connectivity index (χ1) is 5.59. The average molecular weight is 231 g/mol. The van der Waals surface area contributed by atoms with Gasteiger partial charge in [-0.1, -0.05) is 15.9 Å². The van der Waals surface area contributed by atoms with Crippen LogP contribution in [-0.4, -0.2) is 15.8 Å². The van der Waals surface area contributed by atoms with Gasteiger partial charge in [-0.2, -0.15) is 9.72 Å². The van der Waals surface area contributed by atoms with Gasteiger partial charge in [0.1, 0.15) is 0 Å². The van der Waals surface area contributed by atoms with E-state index in [1.807, 2.05) is 0 Å². The van der Waals surface area contributed by atoms with E-state index >= 15 is 0 Å². The lowest BCUT2D eigenvalue weighted by Crippen LogP contribution is -2.18. The summed E-state index contributed by atoms with van der Waals surface area (Å²) in [5.41, 5.74) is 0.205. The third kappa shape index (κ3) is 2.20. The van der Waals surface area contributed by atoms with E-state index in [0.717, 1.165) is 9.20 Å². The van der Waals surface area contributed by atoms with Gasteiger partial charge in [-0.25, -0.2) is 0 Å². The number of aromatic nitrogens is 1. The van der Waals surface area contributed by atoms with Crippen LogP contribution in [0.25, 0.3) is 0 Å². The van der Waals surface area contributed by atoms with E-state index in [9.17, 15) is 4.79 Å². The number of hydrogen-bond donors (Lipinski definition) is 1. The van der Waals surface area contributed by atoms with Crippen molar-refractivity contribution in [2.45, 2.75) is 6.92 Å². The average Bonchev–Trinajstić information content (AvgIpc) is 1.96. The molecule has 0 spiro atoms. The van der Waals surface area contributed by atoms with Gasteiger partial charge < -0.3 is 5.21 Å². The topological polar surface area (TPSA) is 54.6 Å². The maximum atomic E-state index is 10.6. The van der Waals surface area contributed by atoms with Crippen LogP contribution >= 0.6 is 15.9 Å². The number of carbonyl (C=O) groups is 1. The Hall–Kier alpha value is -1.10. The van der Waals surface area contributed by atoms with Crippen LogP contribution in [-0.2, 0) is 4.79 Å². The summed E-state index contributed by atoms with van der Waals surface area (Å²) in [5, 5.41) is 9.13. The normalized spacial score (nSPS) is 11.7. The standard InChI is InChI=1S/C7H7BrN2O2/c1-5(11)9-7-4-6(8)2-3-10(7)12/h2-4,12H,1H3. The summed E-state index contributed by atoms with van der Waals surface area (Å²) in [4.78, 5) is 14.1. The van der Waals surface area contributed by atoms with Gasteiger partial charge in [-0.05, 0) is 12.1 Å². The molecule has 0 aliphatic rings. The van der Waals surface area contributed by atoms with E-state index in [-0.39, 0.29) is 11.4 Å². The predicted octanol–water partition coefficient (Wildman–Crippen LogP) is 0.935. The molecule has 0 fully saturated rings. The number of halogens is 1. The highest BCUT2D eigenvalue weighted by Gasteiger charge is 1.93. The zero-order valence-electron chi connectivity index (χ0n) is 6.36. The summed E-state index contributed by atoms with van der Waals surface area (Å²) < 4.78 is 1.54. The van der Waals surface area contributed by atoms with E-state index < -0.39 is 0 Å². The molecular weight excluding hydrogens is 224 g/mol. The number of amides is 1. The third-order valence-electron chi connectivity index (χ3n) is 1.15. The lowest BCUT2D eigenvalue weighted by Gasteiger charge is -1.96. The first kappa shape index (κ1) is 8.99. The summed E-state index contributed by atoms with van der Waals surface area (Å²) in [6.45, 7) is 1.32. The van der Waals surface area contributed by atoms with Crippen molar-refractivity contribution in [3.63, 3.8) is 0 Å². The molecule has 1 aromatic heterocycles. The van der Waals surface area contributed by atoms with Crippen LogP contribution in [0.1, 0.15) is 6.92 Å². The van der Waals surface area contributed by atoms with Crippen LogP contribution < -0.4 is 5.49 Å². The fraction of sp³-hybridized carbons (Fsp3) is 0.143. The quantitative estimate of drug-likeness (QED) is 0.675. The molecule has 1 N–H and O–H groups in total. The van der Waals surface area contributed by atoms with Crippen molar-refractivity contribution in [1.82, 2.24) is 4.73 Å². The Bertz CT molecular complexity index is 370. The van der Waals surface area contributed by atoms with Crippen molar-refractivity contribution in [2.75, 3.05) is 0 Å². The molecule has 0 unspecified atom stereocenters. The molecular formula is C7H7BrN2O2.